The highest BCUT2D eigenvalue weighted by atomic mass is 19.4. The van der Waals surface area contributed by atoms with Gasteiger partial charge >= 0.3 is 6.18 Å². The molecular weight excluding hydrogens is 347 g/mol. The predicted molar refractivity (Wildman–Crippen MR) is 88.0 cm³/mol. The maximum Gasteiger partial charge on any atom is 0.435 e. The van der Waals surface area contributed by atoms with Crippen LogP contribution in [-0.2, 0) is 6.18 Å². The van der Waals surface area contributed by atoms with Gasteiger partial charge in [0.25, 0.3) is 5.91 Å². The molecule has 0 radical (unpaired) electrons. The van der Waals surface area contributed by atoms with Crippen LogP contribution >= 0.6 is 0 Å². The first-order chi connectivity index (χ1) is 12.3. The van der Waals surface area contributed by atoms with Gasteiger partial charge in [-0.25, -0.2) is 10.2 Å². The number of rotatable bonds is 3. The van der Waals surface area contributed by atoms with Gasteiger partial charge in [0.05, 0.1) is 11.4 Å². The number of aromatic nitrogens is 2. The summed E-state index contributed by atoms with van der Waals surface area (Å²) in [7, 11) is 0. The van der Waals surface area contributed by atoms with E-state index in [1.165, 1.54) is 34.4 Å². The Hall–Kier alpha value is -3.13. The number of nitrogens with zero attached hydrogens (tertiary/aromatic N) is 2. The standard InChI is InChI=1S/C18H14F3N3O2/c1-11-2-4-12(5-3-11)15-10-16(18(19,20)21)22-24(15)14-8-6-13(7-9-14)17(25)23-26/h2-10,26H,1H3,(H,23,25). The maximum atomic E-state index is 13.1. The Balaban J connectivity index is 2.11. The molecule has 0 fully saturated rings. The molecule has 0 aliphatic heterocycles. The molecule has 2 aromatic carbocycles. The quantitative estimate of drug-likeness (QED) is 0.548. The van der Waals surface area contributed by atoms with Gasteiger partial charge in [-0.05, 0) is 37.3 Å². The van der Waals surface area contributed by atoms with Gasteiger partial charge in [0.1, 0.15) is 0 Å². The number of alkyl halides is 3. The summed E-state index contributed by atoms with van der Waals surface area (Å²) in [5.74, 6) is -0.716. The van der Waals surface area contributed by atoms with Crippen molar-refractivity contribution < 1.29 is 23.2 Å². The summed E-state index contributed by atoms with van der Waals surface area (Å²) in [5.41, 5.74) is 2.84. The molecule has 0 saturated heterocycles. The van der Waals surface area contributed by atoms with Crippen LogP contribution < -0.4 is 5.48 Å². The summed E-state index contributed by atoms with van der Waals surface area (Å²) in [4.78, 5) is 11.4. The van der Waals surface area contributed by atoms with Crippen molar-refractivity contribution in [3.8, 4) is 16.9 Å². The molecule has 2 N–H and O–H groups in total. The third-order valence-corrected chi connectivity index (χ3v) is 3.82. The molecule has 0 aliphatic rings. The van der Waals surface area contributed by atoms with Gasteiger partial charge in [-0.2, -0.15) is 18.3 Å². The summed E-state index contributed by atoms with van der Waals surface area (Å²) in [6, 6.07) is 13.7. The molecule has 1 aromatic heterocycles. The molecular formula is C18H14F3N3O2. The second-order valence-corrected chi connectivity index (χ2v) is 5.68. The van der Waals surface area contributed by atoms with Crippen molar-refractivity contribution in [1.82, 2.24) is 15.3 Å². The normalized spacial score (nSPS) is 11.4. The summed E-state index contributed by atoms with van der Waals surface area (Å²) in [6.07, 6.45) is -4.58. The van der Waals surface area contributed by atoms with Gasteiger partial charge in [-0.3, -0.25) is 10.0 Å². The van der Waals surface area contributed by atoms with Crippen LogP contribution in [0.4, 0.5) is 13.2 Å². The van der Waals surface area contributed by atoms with Gasteiger partial charge < -0.3 is 0 Å². The van der Waals surface area contributed by atoms with Crippen molar-refractivity contribution in [2.24, 2.45) is 0 Å². The molecule has 26 heavy (non-hydrogen) atoms. The Morgan fingerprint density at radius 3 is 2.23 bits per heavy atom. The number of benzene rings is 2. The van der Waals surface area contributed by atoms with Gasteiger partial charge in [0.15, 0.2) is 5.69 Å². The van der Waals surface area contributed by atoms with E-state index >= 15 is 0 Å². The highest BCUT2D eigenvalue weighted by Gasteiger charge is 2.35. The first-order valence-electron chi connectivity index (χ1n) is 7.59. The van der Waals surface area contributed by atoms with Crippen LogP contribution in [-0.4, -0.2) is 20.9 Å². The molecule has 1 amide bonds. The molecule has 0 bridgehead atoms. The average Bonchev–Trinajstić information content (AvgIpc) is 3.07. The molecule has 134 valence electrons. The molecule has 0 saturated carbocycles. The number of hydrogen-bond acceptors (Lipinski definition) is 3. The van der Waals surface area contributed by atoms with Crippen molar-refractivity contribution in [2.45, 2.75) is 13.1 Å². The predicted octanol–water partition coefficient (Wildman–Crippen LogP) is 3.99. The fourth-order valence-corrected chi connectivity index (χ4v) is 2.46. The van der Waals surface area contributed by atoms with E-state index in [1.54, 1.807) is 24.3 Å². The highest BCUT2D eigenvalue weighted by molar-refractivity contribution is 5.93. The Labute approximate surface area is 146 Å². The van der Waals surface area contributed by atoms with Crippen LogP contribution in [0.5, 0.6) is 0 Å². The number of carbonyl (C=O) groups excluding carboxylic acids is 1. The number of amides is 1. The molecule has 0 aliphatic carbocycles. The van der Waals surface area contributed by atoms with Crippen molar-refractivity contribution in [2.75, 3.05) is 0 Å². The van der Waals surface area contributed by atoms with Gasteiger partial charge in [0, 0.05) is 11.1 Å². The van der Waals surface area contributed by atoms with Gasteiger partial charge in [-0.1, -0.05) is 29.8 Å². The number of hydroxylamine groups is 1. The first-order valence-corrected chi connectivity index (χ1v) is 7.59. The van der Waals surface area contributed by atoms with E-state index in [1.807, 2.05) is 6.92 Å². The van der Waals surface area contributed by atoms with Crippen LogP contribution in [0.15, 0.2) is 54.6 Å². The smallest absolute Gasteiger partial charge is 0.288 e. The number of nitrogens with one attached hydrogen (secondary N) is 1. The maximum absolute atomic E-state index is 13.1. The zero-order chi connectivity index (χ0) is 18.9. The minimum atomic E-state index is -4.58. The monoisotopic (exact) mass is 361 g/mol. The van der Waals surface area contributed by atoms with E-state index in [0.717, 1.165) is 11.6 Å². The SMILES string of the molecule is Cc1ccc(-c2cc(C(F)(F)F)nn2-c2ccc(C(=O)NO)cc2)cc1. The zero-order valence-electron chi connectivity index (χ0n) is 13.6. The summed E-state index contributed by atoms with van der Waals surface area (Å²) in [6.45, 7) is 1.88. The van der Waals surface area contributed by atoms with Crippen molar-refractivity contribution in [3.05, 3.63) is 71.4 Å². The topological polar surface area (TPSA) is 67.2 Å². The van der Waals surface area contributed by atoms with Crippen molar-refractivity contribution in [3.63, 3.8) is 0 Å². The number of hydrogen-bond donors (Lipinski definition) is 2. The van der Waals surface area contributed by atoms with Gasteiger partial charge in [0.2, 0.25) is 0 Å². The Morgan fingerprint density at radius 1 is 1.08 bits per heavy atom. The lowest BCUT2D eigenvalue weighted by Crippen LogP contribution is -2.18. The lowest BCUT2D eigenvalue weighted by atomic mass is 10.1. The number of aryl methyl sites for hydroxylation is 1. The van der Waals surface area contributed by atoms with Gasteiger partial charge in [-0.15, -0.1) is 0 Å². The van der Waals surface area contributed by atoms with Crippen LogP contribution in [0.25, 0.3) is 16.9 Å². The molecule has 3 rings (SSSR count). The number of carbonyl (C=O) groups is 1. The van der Waals surface area contributed by atoms with E-state index < -0.39 is 17.8 Å². The largest absolute Gasteiger partial charge is 0.435 e. The Bertz CT molecular complexity index is 930. The lowest BCUT2D eigenvalue weighted by molar-refractivity contribution is -0.141. The summed E-state index contributed by atoms with van der Waals surface area (Å²) >= 11 is 0. The molecule has 3 aromatic rings. The Morgan fingerprint density at radius 2 is 1.69 bits per heavy atom. The second kappa shape index (κ2) is 6.64. The molecule has 0 spiro atoms. The molecule has 5 nitrogen and oxygen atoms in total. The van der Waals surface area contributed by atoms with Crippen LogP contribution in [0.2, 0.25) is 0 Å². The van der Waals surface area contributed by atoms with E-state index in [2.05, 4.69) is 5.10 Å². The third kappa shape index (κ3) is 3.45. The van der Waals surface area contributed by atoms with Crippen LogP contribution in [0.3, 0.4) is 0 Å². The fourth-order valence-electron chi connectivity index (χ4n) is 2.46. The average molecular weight is 361 g/mol. The second-order valence-electron chi connectivity index (χ2n) is 5.68. The fraction of sp³-hybridized carbons (Fsp3) is 0.111. The summed E-state index contributed by atoms with van der Waals surface area (Å²) in [5, 5.41) is 12.3. The van der Waals surface area contributed by atoms with Crippen molar-refractivity contribution in [1.29, 1.82) is 0 Å². The molecule has 1 heterocycles. The minimum absolute atomic E-state index is 0.163. The van der Waals surface area contributed by atoms with E-state index in [4.69, 9.17) is 5.21 Å². The number of halogens is 3. The van der Waals surface area contributed by atoms with E-state index in [-0.39, 0.29) is 11.3 Å². The van der Waals surface area contributed by atoms with E-state index in [9.17, 15) is 18.0 Å². The first kappa shape index (κ1) is 17.7. The lowest BCUT2D eigenvalue weighted by Gasteiger charge is -2.09. The zero-order valence-corrected chi connectivity index (χ0v) is 13.6. The van der Waals surface area contributed by atoms with Crippen molar-refractivity contribution >= 4 is 5.91 Å². The molecule has 0 unspecified atom stereocenters. The van der Waals surface area contributed by atoms with E-state index in [0.29, 0.717) is 11.3 Å². The molecule has 0 atom stereocenters. The summed E-state index contributed by atoms with van der Waals surface area (Å²) < 4.78 is 40.6. The highest BCUT2D eigenvalue weighted by Crippen LogP contribution is 2.33. The molecule has 8 heteroatoms. The van der Waals surface area contributed by atoms with Crippen LogP contribution in [0, 0.1) is 6.92 Å². The third-order valence-electron chi connectivity index (χ3n) is 3.82. The van der Waals surface area contributed by atoms with Crippen LogP contribution in [0.1, 0.15) is 21.6 Å². The Kier molecular flexibility index (Phi) is 4.52. The minimum Gasteiger partial charge on any atom is -0.288 e.